The molecule has 0 bridgehead atoms. The highest BCUT2D eigenvalue weighted by Gasteiger charge is 2.24. The summed E-state index contributed by atoms with van der Waals surface area (Å²) in [5, 5.41) is 0. The number of carbonyl (C=O) groups excluding carboxylic acids is 1. The van der Waals surface area contributed by atoms with Gasteiger partial charge in [-0.15, -0.1) is 0 Å². The van der Waals surface area contributed by atoms with Crippen molar-refractivity contribution < 1.29 is 9.53 Å². The van der Waals surface area contributed by atoms with Crippen molar-refractivity contribution in [1.29, 1.82) is 0 Å². The van der Waals surface area contributed by atoms with Crippen molar-refractivity contribution in [3.63, 3.8) is 0 Å². The molecule has 1 aromatic rings. The first-order chi connectivity index (χ1) is 7.31. The molecule has 1 aliphatic carbocycles. The Kier molecular flexibility index (Phi) is 2.94. The first-order valence-corrected chi connectivity index (χ1v) is 5.21. The van der Waals surface area contributed by atoms with Crippen molar-refractivity contribution in [2.24, 2.45) is 5.92 Å². The molecule has 4 heteroatoms. The van der Waals surface area contributed by atoms with Gasteiger partial charge in [-0.2, -0.15) is 0 Å². The quantitative estimate of drug-likeness (QED) is 0.708. The summed E-state index contributed by atoms with van der Waals surface area (Å²) < 4.78 is 4.96. The van der Waals surface area contributed by atoms with Gasteiger partial charge >= 0.3 is 0 Å². The number of hydrogen-bond acceptors (Lipinski definition) is 4. The first kappa shape index (κ1) is 10.1. The average Bonchev–Trinajstić information content (AvgIpc) is 2.81. The van der Waals surface area contributed by atoms with Crippen LogP contribution in [0, 0.1) is 5.92 Å². The van der Waals surface area contributed by atoms with Gasteiger partial charge in [0.1, 0.15) is 12.0 Å². The van der Waals surface area contributed by atoms with Crippen LogP contribution in [0.4, 0.5) is 0 Å². The van der Waals surface area contributed by atoms with Gasteiger partial charge < -0.3 is 4.74 Å². The largest absolute Gasteiger partial charge is 0.481 e. The highest BCUT2D eigenvalue weighted by Crippen LogP contribution is 2.27. The minimum atomic E-state index is 0.133. The predicted molar refractivity (Wildman–Crippen MR) is 54.9 cm³/mol. The number of Topliss-reactive ketones (excluding diaryl/α,β-unsaturated/α-hetero) is 1. The van der Waals surface area contributed by atoms with E-state index in [1.54, 1.807) is 6.07 Å². The number of nitrogens with zero attached hydrogens (tertiary/aromatic N) is 2. The lowest BCUT2D eigenvalue weighted by Crippen LogP contribution is -2.13. The molecular formula is C11H14N2O2. The molecule has 0 N–H and O–H groups in total. The van der Waals surface area contributed by atoms with Crippen molar-refractivity contribution in [3.8, 4) is 5.88 Å². The third-order valence-electron chi connectivity index (χ3n) is 2.83. The molecule has 0 spiro atoms. The van der Waals surface area contributed by atoms with Crippen LogP contribution in [-0.4, -0.2) is 22.9 Å². The van der Waals surface area contributed by atoms with Gasteiger partial charge in [-0.05, 0) is 12.8 Å². The molecule has 0 aromatic carbocycles. The summed E-state index contributed by atoms with van der Waals surface area (Å²) in [4.78, 5) is 19.8. The fraction of sp³-hybridized carbons (Fsp3) is 0.545. The lowest BCUT2D eigenvalue weighted by atomic mass is 10.0. The zero-order chi connectivity index (χ0) is 10.7. The summed E-state index contributed by atoms with van der Waals surface area (Å²) >= 11 is 0. The number of rotatable bonds is 3. The molecule has 0 radical (unpaired) electrons. The molecule has 1 heterocycles. The van der Waals surface area contributed by atoms with Crippen LogP contribution >= 0.6 is 0 Å². The van der Waals surface area contributed by atoms with Crippen LogP contribution in [0.3, 0.4) is 0 Å². The Morgan fingerprint density at radius 3 is 2.80 bits per heavy atom. The second-order valence-electron chi connectivity index (χ2n) is 3.79. The van der Waals surface area contributed by atoms with Gasteiger partial charge in [0.05, 0.1) is 7.11 Å². The Bertz CT molecular complexity index is 359. The van der Waals surface area contributed by atoms with Gasteiger partial charge in [-0.1, -0.05) is 12.8 Å². The van der Waals surface area contributed by atoms with E-state index in [1.165, 1.54) is 13.4 Å². The summed E-state index contributed by atoms with van der Waals surface area (Å²) in [6, 6.07) is 1.61. The van der Waals surface area contributed by atoms with E-state index in [9.17, 15) is 4.79 Å². The molecule has 1 fully saturated rings. The Morgan fingerprint density at radius 2 is 2.13 bits per heavy atom. The molecule has 2 rings (SSSR count). The maximum Gasteiger partial charge on any atom is 0.216 e. The Balaban J connectivity index is 2.17. The maximum atomic E-state index is 12.0. The normalized spacial score (nSPS) is 16.6. The van der Waals surface area contributed by atoms with Crippen LogP contribution in [0.25, 0.3) is 0 Å². The molecule has 1 aliphatic rings. The van der Waals surface area contributed by atoms with Gasteiger partial charge in [0.2, 0.25) is 5.88 Å². The summed E-state index contributed by atoms with van der Waals surface area (Å²) in [6.45, 7) is 0. The molecule has 4 nitrogen and oxygen atoms in total. The molecule has 0 amide bonds. The summed E-state index contributed by atoms with van der Waals surface area (Å²) in [6.07, 6.45) is 5.66. The standard InChI is InChI=1S/C11H14N2O2/c1-15-10-6-9(12-7-13-10)11(14)8-4-2-3-5-8/h6-8H,2-5H2,1H3. The van der Waals surface area contributed by atoms with E-state index >= 15 is 0 Å². The molecule has 80 valence electrons. The van der Waals surface area contributed by atoms with Crippen molar-refractivity contribution in [2.75, 3.05) is 7.11 Å². The van der Waals surface area contributed by atoms with Crippen molar-refractivity contribution in [3.05, 3.63) is 18.1 Å². The highest BCUT2D eigenvalue weighted by molar-refractivity contribution is 5.96. The lowest BCUT2D eigenvalue weighted by molar-refractivity contribution is 0.0917. The van der Waals surface area contributed by atoms with Crippen LogP contribution in [0.5, 0.6) is 5.88 Å². The Morgan fingerprint density at radius 1 is 1.40 bits per heavy atom. The van der Waals surface area contributed by atoms with Crippen LogP contribution < -0.4 is 4.74 Å². The topological polar surface area (TPSA) is 52.1 Å². The molecule has 0 unspecified atom stereocenters. The van der Waals surface area contributed by atoms with Gasteiger partial charge in [-0.3, -0.25) is 4.79 Å². The second-order valence-corrected chi connectivity index (χ2v) is 3.79. The minimum Gasteiger partial charge on any atom is -0.481 e. The van der Waals surface area contributed by atoms with Crippen molar-refractivity contribution in [1.82, 2.24) is 9.97 Å². The van der Waals surface area contributed by atoms with Crippen LogP contribution in [0.15, 0.2) is 12.4 Å². The number of ketones is 1. The zero-order valence-electron chi connectivity index (χ0n) is 8.77. The molecule has 0 aliphatic heterocycles. The minimum absolute atomic E-state index is 0.133. The molecule has 15 heavy (non-hydrogen) atoms. The van der Waals surface area contributed by atoms with E-state index in [0.29, 0.717) is 11.6 Å². The average molecular weight is 206 g/mol. The summed E-state index contributed by atoms with van der Waals surface area (Å²) in [5.74, 6) is 0.740. The number of carbonyl (C=O) groups is 1. The Labute approximate surface area is 88.7 Å². The SMILES string of the molecule is COc1cc(C(=O)C2CCCC2)ncn1. The van der Waals surface area contributed by atoms with Crippen LogP contribution in [-0.2, 0) is 0 Å². The van der Waals surface area contributed by atoms with E-state index < -0.39 is 0 Å². The van der Waals surface area contributed by atoms with E-state index in [2.05, 4.69) is 9.97 Å². The van der Waals surface area contributed by atoms with Gasteiger partial charge in [0.15, 0.2) is 5.78 Å². The van der Waals surface area contributed by atoms with E-state index in [-0.39, 0.29) is 11.7 Å². The lowest BCUT2D eigenvalue weighted by Gasteiger charge is -2.07. The van der Waals surface area contributed by atoms with Crippen molar-refractivity contribution >= 4 is 5.78 Å². The number of ether oxygens (including phenoxy) is 1. The first-order valence-electron chi connectivity index (χ1n) is 5.21. The van der Waals surface area contributed by atoms with Gasteiger partial charge in [-0.25, -0.2) is 9.97 Å². The summed E-state index contributed by atoms with van der Waals surface area (Å²) in [5.41, 5.74) is 0.480. The van der Waals surface area contributed by atoms with Crippen LogP contribution in [0.2, 0.25) is 0 Å². The number of aromatic nitrogens is 2. The van der Waals surface area contributed by atoms with E-state index in [1.807, 2.05) is 0 Å². The maximum absolute atomic E-state index is 12.0. The number of methoxy groups -OCH3 is 1. The molecule has 1 aromatic heterocycles. The third kappa shape index (κ3) is 2.14. The van der Waals surface area contributed by atoms with E-state index in [4.69, 9.17) is 4.74 Å². The Hall–Kier alpha value is -1.45. The second kappa shape index (κ2) is 4.38. The van der Waals surface area contributed by atoms with Crippen LogP contribution in [0.1, 0.15) is 36.2 Å². The van der Waals surface area contributed by atoms with Crippen molar-refractivity contribution in [2.45, 2.75) is 25.7 Å². The third-order valence-corrected chi connectivity index (χ3v) is 2.83. The molecule has 0 atom stereocenters. The molecule has 1 saturated carbocycles. The zero-order valence-corrected chi connectivity index (χ0v) is 8.77. The predicted octanol–water partition coefficient (Wildman–Crippen LogP) is 1.86. The fourth-order valence-electron chi connectivity index (χ4n) is 1.98. The molecule has 0 saturated heterocycles. The molecular weight excluding hydrogens is 192 g/mol. The summed E-state index contributed by atoms with van der Waals surface area (Å²) in [7, 11) is 1.53. The fourth-order valence-corrected chi connectivity index (χ4v) is 1.98. The smallest absolute Gasteiger partial charge is 0.216 e. The van der Waals surface area contributed by atoms with Gasteiger partial charge in [0, 0.05) is 12.0 Å². The monoisotopic (exact) mass is 206 g/mol. The highest BCUT2D eigenvalue weighted by atomic mass is 16.5. The van der Waals surface area contributed by atoms with E-state index in [0.717, 1.165) is 25.7 Å². The number of hydrogen-bond donors (Lipinski definition) is 0. The van der Waals surface area contributed by atoms with Gasteiger partial charge in [0.25, 0.3) is 0 Å².